The SMILES string of the molecule is N#Cc1c(Cl)nc(Cl)c2c1C(F)(F)CC2. The van der Waals surface area contributed by atoms with Gasteiger partial charge in [0.15, 0.2) is 0 Å². The van der Waals surface area contributed by atoms with E-state index in [4.69, 9.17) is 28.5 Å². The van der Waals surface area contributed by atoms with E-state index in [-0.39, 0.29) is 39.8 Å². The first kappa shape index (κ1) is 10.6. The van der Waals surface area contributed by atoms with Crippen molar-refractivity contribution >= 4 is 23.2 Å². The third kappa shape index (κ3) is 1.47. The van der Waals surface area contributed by atoms with E-state index < -0.39 is 5.92 Å². The van der Waals surface area contributed by atoms with E-state index in [2.05, 4.69) is 4.98 Å². The molecule has 0 atom stereocenters. The fourth-order valence-corrected chi connectivity index (χ4v) is 2.25. The Balaban J connectivity index is 2.82. The molecule has 0 aromatic carbocycles. The van der Waals surface area contributed by atoms with Crippen LogP contribution in [0.2, 0.25) is 10.3 Å². The Bertz CT molecular complexity index is 480. The topological polar surface area (TPSA) is 36.7 Å². The lowest BCUT2D eigenvalue weighted by molar-refractivity contribution is -0.00210. The molecule has 0 bridgehead atoms. The first-order chi connectivity index (χ1) is 6.97. The maximum Gasteiger partial charge on any atom is 0.275 e. The minimum absolute atomic E-state index is 0.0359. The van der Waals surface area contributed by atoms with Crippen LogP contribution in [0.5, 0.6) is 0 Å². The van der Waals surface area contributed by atoms with E-state index >= 15 is 0 Å². The molecule has 15 heavy (non-hydrogen) atoms. The number of nitriles is 1. The van der Waals surface area contributed by atoms with Gasteiger partial charge in [-0.05, 0) is 6.42 Å². The Morgan fingerprint density at radius 1 is 1.33 bits per heavy atom. The number of rotatable bonds is 0. The average molecular weight is 249 g/mol. The van der Waals surface area contributed by atoms with Gasteiger partial charge in [-0.2, -0.15) is 5.26 Å². The number of hydrogen-bond donors (Lipinski definition) is 0. The van der Waals surface area contributed by atoms with Gasteiger partial charge in [0, 0.05) is 17.5 Å². The maximum absolute atomic E-state index is 13.4. The van der Waals surface area contributed by atoms with Gasteiger partial charge in [0.1, 0.15) is 16.4 Å². The van der Waals surface area contributed by atoms with Gasteiger partial charge in [-0.15, -0.1) is 0 Å². The predicted octanol–water partition coefficient (Wildman–Crippen LogP) is 3.30. The lowest BCUT2D eigenvalue weighted by Crippen LogP contribution is -2.11. The van der Waals surface area contributed by atoms with Crippen LogP contribution in [0.1, 0.15) is 23.1 Å². The monoisotopic (exact) mass is 248 g/mol. The second-order valence-corrected chi connectivity index (χ2v) is 3.95. The summed E-state index contributed by atoms with van der Waals surface area (Å²) in [4.78, 5) is 3.66. The van der Waals surface area contributed by atoms with E-state index in [0.29, 0.717) is 0 Å². The second-order valence-electron chi connectivity index (χ2n) is 3.24. The van der Waals surface area contributed by atoms with Crippen LogP contribution in [-0.2, 0) is 12.3 Å². The van der Waals surface area contributed by atoms with Crippen LogP contribution < -0.4 is 0 Å². The van der Waals surface area contributed by atoms with Crippen molar-refractivity contribution in [1.82, 2.24) is 4.98 Å². The summed E-state index contributed by atoms with van der Waals surface area (Å²) in [5.74, 6) is -3.03. The van der Waals surface area contributed by atoms with Crippen LogP contribution in [0.15, 0.2) is 0 Å². The van der Waals surface area contributed by atoms with Crippen LogP contribution in [0, 0.1) is 11.3 Å². The van der Waals surface area contributed by atoms with Crippen molar-refractivity contribution in [3.8, 4) is 6.07 Å². The summed E-state index contributed by atoms with van der Waals surface area (Å²) in [6, 6.07) is 1.65. The number of alkyl halides is 2. The van der Waals surface area contributed by atoms with Crippen LogP contribution in [0.4, 0.5) is 8.78 Å². The zero-order valence-electron chi connectivity index (χ0n) is 7.32. The quantitative estimate of drug-likeness (QED) is 0.661. The Hall–Kier alpha value is -0.920. The highest BCUT2D eigenvalue weighted by Gasteiger charge is 2.43. The van der Waals surface area contributed by atoms with Gasteiger partial charge in [-0.25, -0.2) is 13.8 Å². The molecule has 0 saturated carbocycles. The van der Waals surface area contributed by atoms with Crippen molar-refractivity contribution in [3.63, 3.8) is 0 Å². The third-order valence-corrected chi connectivity index (χ3v) is 2.96. The fourth-order valence-electron chi connectivity index (χ4n) is 1.71. The van der Waals surface area contributed by atoms with E-state index in [9.17, 15) is 8.78 Å². The minimum Gasteiger partial charge on any atom is -0.223 e. The smallest absolute Gasteiger partial charge is 0.223 e. The molecule has 0 aliphatic heterocycles. The normalized spacial score (nSPS) is 17.3. The average Bonchev–Trinajstić information content (AvgIpc) is 2.44. The maximum atomic E-state index is 13.4. The molecule has 2 nitrogen and oxygen atoms in total. The van der Waals surface area contributed by atoms with Crippen LogP contribution in [0.3, 0.4) is 0 Å². The molecule has 0 unspecified atom stereocenters. The molecular weight excluding hydrogens is 245 g/mol. The molecule has 1 heterocycles. The zero-order valence-corrected chi connectivity index (χ0v) is 8.83. The summed E-state index contributed by atoms with van der Waals surface area (Å²) in [6.07, 6.45) is -0.223. The Kier molecular flexibility index (Phi) is 2.32. The van der Waals surface area contributed by atoms with Gasteiger partial charge >= 0.3 is 0 Å². The highest BCUT2D eigenvalue weighted by molar-refractivity contribution is 6.33. The van der Waals surface area contributed by atoms with Gasteiger partial charge in [0.25, 0.3) is 5.92 Å². The summed E-state index contributed by atoms with van der Waals surface area (Å²) in [6.45, 7) is 0. The highest BCUT2D eigenvalue weighted by Crippen LogP contribution is 2.46. The van der Waals surface area contributed by atoms with E-state index in [1.165, 1.54) is 0 Å². The van der Waals surface area contributed by atoms with Crippen molar-refractivity contribution in [2.45, 2.75) is 18.8 Å². The first-order valence-electron chi connectivity index (χ1n) is 4.13. The molecule has 1 aliphatic carbocycles. The van der Waals surface area contributed by atoms with Gasteiger partial charge in [-0.3, -0.25) is 0 Å². The Labute approximate surface area is 94.4 Å². The number of nitrogens with zero attached hydrogens (tertiary/aromatic N) is 2. The Morgan fingerprint density at radius 3 is 2.60 bits per heavy atom. The number of aromatic nitrogens is 1. The van der Waals surface area contributed by atoms with Crippen LogP contribution in [0.25, 0.3) is 0 Å². The summed E-state index contributed by atoms with van der Waals surface area (Å²) in [7, 11) is 0. The molecule has 0 saturated heterocycles. The number of pyridine rings is 1. The molecule has 0 N–H and O–H groups in total. The first-order valence-corrected chi connectivity index (χ1v) is 4.89. The van der Waals surface area contributed by atoms with E-state index in [1.807, 2.05) is 0 Å². The molecule has 6 heteroatoms. The largest absolute Gasteiger partial charge is 0.275 e. The van der Waals surface area contributed by atoms with E-state index in [0.717, 1.165) is 0 Å². The molecule has 0 fully saturated rings. The Morgan fingerprint density at radius 2 is 2.00 bits per heavy atom. The van der Waals surface area contributed by atoms with Gasteiger partial charge in [-0.1, -0.05) is 23.2 Å². The second kappa shape index (κ2) is 3.29. The van der Waals surface area contributed by atoms with Crippen molar-refractivity contribution < 1.29 is 8.78 Å². The van der Waals surface area contributed by atoms with E-state index in [1.54, 1.807) is 6.07 Å². The molecule has 1 aromatic rings. The molecule has 0 amide bonds. The lowest BCUT2D eigenvalue weighted by atomic mass is 10.1. The van der Waals surface area contributed by atoms with Crippen molar-refractivity contribution in [2.75, 3.05) is 0 Å². The van der Waals surface area contributed by atoms with Gasteiger partial charge < -0.3 is 0 Å². The molecule has 0 spiro atoms. The summed E-state index contributed by atoms with van der Waals surface area (Å²) in [5.41, 5.74) is -0.379. The number of fused-ring (bicyclic) bond motifs is 1. The third-order valence-electron chi connectivity index (χ3n) is 2.37. The van der Waals surface area contributed by atoms with Crippen LogP contribution >= 0.6 is 23.2 Å². The number of halogens is 4. The molecular formula is C9H4Cl2F2N2. The van der Waals surface area contributed by atoms with Crippen LogP contribution in [-0.4, -0.2) is 4.98 Å². The van der Waals surface area contributed by atoms with Gasteiger partial charge in [0.05, 0.1) is 5.56 Å². The van der Waals surface area contributed by atoms with Crippen molar-refractivity contribution in [1.29, 1.82) is 5.26 Å². The van der Waals surface area contributed by atoms with Crippen molar-refractivity contribution in [3.05, 3.63) is 27.0 Å². The molecule has 1 aromatic heterocycles. The molecule has 0 radical (unpaired) electrons. The van der Waals surface area contributed by atoms with Crippen molar-refractivity contribution in [2.24, 2.45) is 0 Å². The molecule has 78 valence electrons. The molecule has 1 aliphatic rings. The lowest BCUT2D eigenvalue weighted by Gasteiger charge is -2.12. The fraction of sp³-hybridized carbons (Fsp3) is 0.333. The number of hydrogen-bond acceptors (Lipinski definition) is 2. The standard InChI is InChI=1S/C9H4Cl2F2N2/c10-7-4-1-2-9(12,13)6(4)5(3-14)8(11)15-7/h1-2H2. The molecule has 2 rings (SSSR count). The minimum atomic E-state index is -3.03. The summed E-state index contributed by atoms with van der Waals surface area (Å²) >= 11 is 11.3. The highest BCUT2D eigenvalue weighted by atomic mass is 35.5. The predicted molar refractivity (Wildman–Crippen MR) is 51.2 cm³/mol. The summed E-state index contributed by atoms with van der Waals surface area (Å²) < 4.78 is 26.9. The van der Waals surface area contributed by atoms with Gasteiger partial charge in [0.2, 0.25) is 0 Å². The zero-order chi connectivity index (χ0) is 11.2. The summed E-state index contributed by atoms with van der Waals surface area (Å²) in [5, 5.41) is 8.46.